The number of anilines is 1. The molecule has 306 valence electrons. The van der Waals surface area contributed by atoms with E-state index in [-0.39, 0.29) is 30.1 Å². The Morgan fingerprint density at radius 1 is 1.02 bits per heavy atom. The fraction of sp³-hybridized carbons (Fsp3) is 0.409. The molecule has 2 fully saturated rings. The molecule has 14 heteroatoms. The molecule has 3 N–H and O–H groups in total. The van der Waals surface area contributed by atoms with Gasteiger partial charge in [-0.05, 0) is 87.9 Å². The topological polar surface area (TPSA) is 155 Å². The fourth-order valence-electron chi connectivity index (χ4n) is 7.28. The number of methoxy groups -OCH3 is 1. The summed E-state index contributed by atoms with van der Waals surface area (Å²) in [5, 5.41) is 9.99. The third kappa shape index (κ3) is 10.5. The van der Waals surface area contributed by atoms with Crippen molar-refractivity contribution in [1.82, 2.24) is 30.4 Å². The van der Waals surface area contributed by atoms with E-state index in [4.69, 9.17) is 21.1 Å². The number of nitrogens with one attached hydrogen (secondary N) is 3. The van der Waals surface area contributed by atoms with Gasteiger partial charge in [0.1, 0.15) is 17.0 Å². The van der Waals surface area contributed by atoms with Crippen molar-refractivity contribution in [1.29, 1.82) is 0 Å². The number of piperidine rings is 1. The summed E-state index contributed by atoms with van der Waals surface area (Å²) >= 11 is 7.10. The first-order valence-corrected chi connectivity index (χ1v) is 20.0. The zero-order valence-corrected chi connectivity index (χ0v) is 34.7. The molecule has 6 rings (SSSR count). The van der Waals surface area contributed by atoms with Crippen molar-refractivity contribution in [3.63, 3.8) is 0 Å². The van der Waals surface area contributed by atoms with Crippen molar-refractivity contribution >= 4 is 41.1 Å². The summed E-state index contributed by atoms with van der Waals surface area (Å²) < 4.78 is 11.4. The molecule has 2 saturated heterocycles. The zero-order chi connectivity index (χ0) is 41.6. The number of rotatable bonds is 12. The summed E-state index contributed by atoms with van der Waals surface area (Å²) in [5.74, 6) is 0.410. The number of aromatic nitrogens is 2. The van der Waals surface area contributed by atoms with E-state index in [1.807, 2.05) is 54.3 Å². The minimum atomic E-state index is -0.689. The van der Waals surface area contributed by atoms with E-state index >= 15 is 0 Å². The average Bonchev–Trinajstić information content (AvgIpc) is 3.61. The predicted molar refractivity (Wildman–Crippen MR) is 224 cm³/mol. The monoisotopic (exact) mass is 809 g/mol. The Hall–Kier alpha value is -5.53. The molecule has 1 atom stereocenters. The number of pyridine rings is 2. The van der Waals surface area contributed by atoms with Gasteiger partial charge in [0.25, 0.3) is 5.91 Å². The third-order valence-corrected chi connectivity index (χ3v) is 10.8. The van der Waals surface area contributed by atoms with Crippen LogP contribution in [0.5, 0.6) is 5.75 Å². The van der Waals surface area contributed by atoms with E-state index in [9.17, 15) is 19.2 Å². The molecule has 2 aromatic carbocycles. The molecule has 0 unspecified atom stereocenters. The number of halogens is 1. The average molecular weight is 810 g/mol. The van der Waals surface area contributed by atoms with Crippen LogP contribution >= 0.6 is 11.6 Å². The second-order valence-electron chi connectivity index (χ2n) is 15.9. The zero-order valence-electron chi connectivity index (χ0n) is 34.0. The number of carbonyl (C=O) groups excluding carboxylic acids is 4. The van der Waals surface area contributed by atoms with Gasteiger partial charge in [-0.25, -0.2) is 4.79 Å². The van der Waals surface area contributed by atoms with Gasteiger partial charge in [0.2, 0.25) is 11.8 Å². The smallest absolute Gasteiger partial charge is 0.410 e. The van der Waals surface area contributed by atoms with Crippen LogP contribution in [0, 0.1) is 6.92 Å². The quantitative estimate of drug-likeness (QED) is 0.135. The third-order valence-electron chi connectivity index (χ3n) is 10.5. The van der Waals surface area contributed by atoms with Crippen molar-refractivity contribution in [3.05, 3.63) is 94.4 Å². The van der Waals surface area contributed by atoms with Crippen molar-refractivity contribution in [2.75, 3.05) is 32.1 Å². The summed E-state index contributed by atoms with van der Waals surface area (Å²) in [6.45, 7) is 11.6. The molecular weight excluding hydrogens is 758 g/mol. The van der Waals surface area contributed by atoms with Crippen LogP contribution in [0.15, 0.2) is 67.0 Å². The van der Waals surface area contributed by atoms with E-state index in [0.29, 0.717) is 53.9 Å². The second kappa shape index (κ2) is 18.4. The molecule has 4 aromatic rings. The summed E-state index contributed by atoms with van der Waals surface area (Å²) in [6.07, 6.45) is 5.67. The molecule has 0 bridgehead atoms. The standard InChI is InChI=1S/C44H52ClN7O6/c1-27-34(35-16-19-46-41(40(35)45)30-11-12-31(38(22-30)57-6)24-47-32-17-20-51(21-18-32)28(2)53)8-7-9-36(27)50-42(55)37-14-10-29(23-48-37)25-52(43(56)58-44(3,4)5)26-33-13-15-39(54)49-33/h7-12,14,16,19,22-23,32-33,47H,13,15,17-18,20-21,24-26H2,1-6H3,(H,49,54)(H,50,55)/t33-/m0/s1. The largest absolute Gasteiger partial charge is 0.496 e. The van der Waals surface area contributed by atoms with Crippen LogP contribution in [0.1, 0.15) is 80.6 Å². The first kappa shape index (κ1) is 42.1. The highest BCUT2D eigenvalue weighted by atomic mass is 35.5. The predicted octanol–water partition coefficient (Wildman–Crippen LogP) is 7.15. The number of benzene rings is 2. The van der Waals surface area contributed by atoms with Gasteiger partial charge >= 0.3 is 6.09 Å². The van der Waals surface area contributed by atoms with Crippen LogP contribution in [0.3, 0.4) is 0 Å². The molecule has 0 aliphatic carbocycles. The number of ether oxygens (including phenoxy) is 2. The number of nitrogens with zero attached hydrogens (tertiary/aromatic N) is 4. The normalized spacial score (nSPS) is 15.8. The molecule has 0 saturated carbocycles. The number of hydrogen-bond donors (Lipinski definition) is 3. The van der Waals surface area contributed by atoms with Gasteiger partial charge in [0.05, 0.1) is 24.4 Å². The molecular formula is C44H52ClN7O6. The van der Waals surface area contributed by atoms with E-state index < -0.39 is 17.6 Å². The molecule has 4 heterocycles. The van der Waals surface area contributed by atoms with Crippen molar-refractivity contribution in [2.24, 2.45) is 0 Å². The Bertz CT molecular complexity index is 2150. The summed E-state index contributed by atoms with van der Waals surface area (Å²) in [7, 11) is 1.65. The Labute approximate surface area is 344 Å². The van der Waals surface area contributed by atoms with Crippen LogP contribution in [0.25, 0.3) is 22.4 Å². The summed E-state index contributed by atoms with van der Waals surface area (Å²) in [5.41, 5.74) is 5.64. The maximum atomic E-state index is 13.5. The lowest BCUT2D eigenvalue weighted by molar-refractivity contribution is -0.130. The van der Waals surface area contributed by atoms with Gasteiger partial charge in [-0.15, -0.1) is 0 Å². The fourth-order valence-corrected chi connectivity index (χ4v) is 7.60. The number of amides is 4. The molecule has 2 aliphatic heterocycles. The highest BCUT2D eigenvalue weighted by Gasteiger charge is 2.29. The van der Waals surface area contributed by atoms with Gasteiger partial charge < -0.3 is 35.2 Å². The molecule has 0 spiro atoms. The van der Waals surface area contributed by atoms with Crippen LogP contribution < -0.4 is 20.7 Å². The van der Waals surface area contributed by atoms with Gasteiger partial charge in [-0.2, -0.15) is 0 Å². The van der Waals surface area contributed by atoms with Crippen LogP contribution in [-0.2, 0) is 27.4 Å². The van der Waals surface area contributed by atoms with E-state index in [0.717, 1.165) is 59.5 Å². The minimum Gasteiger partial charge on any atom is -0.496 e. The van der Waals surface area contributed by atoms with E-state index in [2.05, 4.69) is 25.9 Å². The maximum Gasteiger partial charge on any atom is 0.410 e. The Morgan fingerprint density at radius 3 is 2.45 bits per heavy atom. The van der Waals surface area contributed by atoms with Crippen LogP contribution in [0.2, 0.25) is 5.02 Å². The molecule has 4 amide bonds. The van der Waals surface area contributed by atoms with Crippen molar-refractivity contribution < 1.29 is 28.7 Å². The van der Waals surface area contributed by atoms with E-state index in [1.165, 1.54) is 0 Å². The SMILES string of the molecule is COc1cc(-c2nccc(-c3cccc(NC(=O)c4ccc(CN(C[C@@H]5CCC(=O)N5)C(=O)OC(C)(C)C)cn4)c3C)c2Cl)ccc1CNC1CCN(C(C)=O)CC1. The Morgan fingerprint density at radius 2 is 1.79 bits per heavy atom. The minimum absolute atomic E-state index is 0.0346. The maximum absolute atomic E-state index is 13.5. The molecule has 0 radical (unpaired) electrons. The van der Waals surface area contributed by atoms with Gasteiger partial charge in [-0.1, -0.05) is 41.9 Å². The molecule has 58 heavy (non-hydrogen) atoms. The molecule has 2 aliphatic rings. The van der Waals surface area contributed by atoms with Crippen molar-refractivity contribution in [3.8, 4) is 28.1 Å². The Balaban J connectivity index is 1.13. The lowest BCUT2D eigenvalue weighted by atomic mass is 9.97. The van der Waals surface area contributed by atoms with E-state index in [1.54, 1.807) is 64.2 Å². The Kier molecular flexibility index (Phi) is 13.3. The van der Waals surface area contributed by atoms with Gasteiger partial charge in [-0.3, -0.25) is 24.4 Å². The van der Waals surface area contributed by atoms with Crippen LogP contribution in [-0.4, -0.2) is 88.0 Å². The summed E-state index contributed by atoms with van der Waals surface area (Å²) in [4.78, 5) is 62.6. The number of carbonyl (C=O) groups is 4. The first-order valence-electron chi connectivity index (χ1n) is 19.6. The highest BCUT2D eigenvalue weighted by molar-refractivity contribution is 6.35. The van der Waals surface area contributed by atoms with Crippen molar-refractivity contribution in [2.45, 2.75) is 91.1 Å². The molecule has 13 nitrogen and oxygen atoms in total. The summed E-state index contributed by atoms with van der Waals surface area (Å²) in [6, 6.07) is 17.0. The van der Waals surface area contributed by atoms with Gasteiger partial charge in [0, 0.05) is 86.4 Å². The number of hydrogen-bond acceptors (Lipinski definition) is 9. The van der Waals surface area contributed by atoms with Gasteiger partial charge in [0.15, 0.2) is 0 Å². The highest BCUT2D eigenvalue weighted by Crippen LogP contribution is 2.39. The van der Waals surface area contributed by atoms with Crippen LogP contribution in [0.4, 0.5) is 10.5 Å². The second-order valence-corrected chi connectivity index (χ2v) is 16.2. The lowest BCUT2D eigenvalue weighted by Gasteiger charge is -2.32. The number of likely N-dealkylation sites (tertiary alicyclic amines) is 1. The first-order chi connectivity index (χ1) is 27.7. The lowest BCUT2D eigenvalue weighted by Crippen LogP contribution is -2.43. The molecule has 2 aromatic heterocycles.